The number of hydrogen-bond acceptors (Lipinski definition) is 7. The van der Waals surface area contributed by atoms with Gasteiger partial charge in [0.2, 0.25) is 0 Å². The third-order valence-corrected chi connectivity index (χ3v) is 13.3. The van der Waals surface area contributed by atoms with E-state index in [1.807, 2.05) is 21.1 Å². The minimum absolute atomic E-state index is 0.0344. The van der Waals surface area contributed by atoms with Crippen LogP contribution in [0.1, 0.15) is 271 Å². The summed E-state index contributed by atoms with van der Waals surface area (Å²) in [6, 6.07) is 0. The molecule has 0 saturated heterocycles. The summed E-state index contributed by atoms with van der Waals surface area (Å²) in [6.07, 6.45) is 52.7. The highest BCUT2D eigenvalue weighted by Gasteiger charge is 2.27. The maximum Gasteiger partial charge on any atom is 0.472 e. The lowest BCUT2D eigenvalue weighted by molar-refractivity contribution is -0.870. The van der Waals surface area contributed by atoms with Crippen LogP contribution in [0.5, 0.6) is 0 Å². The average Bonchev–Trinajstić information content (AvgIpc) is 3.25. The molecule has 9 nitrogen and oxygen atoms in total. The molecule has 0 aliphatic heterocycles. The Kier molecular flexibility index (Phi) is 45.9. The first kappa shape index (κ1) is 62.8. The van der Waals surface area contributed by atoms with Crippen molar-refractivity contribution >= 4 is 19.8 Å². The monoisotopic (exact) mass is 929 g/mol. The number of carbonyl (C=O) groups is 2. The Morgan fingerprint density at radius 3 is 1.16 bits per heavy atom. The number of quaternary nitrogens is 1. The van der Waals surface area contributed by atoms with Crippen molar-refractivity contribution in [3.63, 3.8) is 0 Å². The molecule has 0 saturated carbocycles. The molecule has 0 aromatic rings. The standard InChI is InChI=1S/C54H106NO8P/c1-6-8-10-12-14-16-18-20-22-24-25-26-27-28-29-31-32-34-36-38-40-42-44-46-53(56)60-50-52(51-62-64(58,59)61-49-48-55(3,4)5)63-54(57)47-45-43-41-39-37-35-33-30-23-21-19-17-15-13-11-9-7-2/h21,23,52H,6-20,22,24-51H2,1-5H3/p+1/b23-21-. The number of unbranched alkanes of at least 4 members (excludes halogenated alkanes) is 35. The fraction of sp³-hybridized carbons (Fsp3) is 0.926. The van der Waals surface area contributed by atoms with E-state index in [4.69, 9.17) is 18.5 Å². The van der Waals surface area contributed by atoms with Gasteiger partial charge in [-0.05, 0) is 38.5 Å². The lowest BCUT2D eigenvalue weighted by Crippen LogP contribution is -2.37. The van der Waals surface area contributed by atoms with Crippen molar-refractivity contribution < 1.29 is 42.1 Å². The van der Waals surface area contributed by atoms with E-state index >= 15 is 0 Å². The highest BCUT2D eigenvalue weighted by atomic mass is 31.2. The lowest BCUT2D eigenvalue weighted by atomic mass is 10.0. The molecule has 0 radical (unpaired) electrons. The van der Waals surface area contributed by atoms with Crippen molar-refractivity contribution in [2.24, 2.45) is 0 Å². The second kappa shape index (κ2) is 46.8. The fourth-order valence-electron chi connectivity index (χ4n) is 8.01. The largest absolute Gasteiger partial charge is 0.472 e. The highest BCUT2D eigenvalue weighted by molar-refractivity contribution is 7.47. The Morgan fingerprint density at radius 2 is 0.797 bits per heavy atom. The van der Waals surface area contributed by atoms with Gasteiger partial charge in [0.25, 0.3) is 0 Å². The summed E-state index contributed by atoms with van der Waals surface area (Å²) in [7, 11) is 1.49. The SMILES string of the molecule is CCCCCCCC/C=C\CCCCCCCCCC(=O)OC(COC(=O)CCCCCCCCCCCCCCCCCCCCCCCCC)COP(=O)(O)OCC[N+](C)(C)C. The van der Waals surface area contributed by atoms with Gasteiger partial charge < -0.3 is 18.9 Å². The summed E-state index contributed by atoms with van der Waals surface area (Å²) in [4.78, 5) is 35.6. The molecule has 0 fully saturated rings. The summed E-state index contributed by atoms with van der Waals surface area (Å²) in [5, 5.41) is 0. The van der Waals surface area contributed by atoms with E-state index in [0.717, 1.165) is 44.9 Å². The van der Waals surface area contributed by atoms with Crippen LogP contribution < -0.4 is 0 Å². The smallest absolute Gasteiger partial charge is 0.462 e. The van der Waals surface area contributed by atoms with Crippen molar-refractivity contribution in [2.75, 3.05) is 47.5 Å². The number of phosphoric ester groups is 1. The van der Waals surface area contributed by atoms with Crippen LogP contribution in [0.3, 0.4) is 0 Å². The summed E-state index contributed by atoms with van der Waals surface area (Å²) in [6.45, 7) is 4.47. The van der Waals surface area contributed by atoms with E-state index in [2.05, 4.69) is 26.0 Å². The quantitative estimate of drug-likeness (QED) is 0.0211. The Bertz CT molecular complexity index is 1100. The minimum atomic E-state index is -4.38. The van der Waals surface area contributed by atoms with Gasteiger partial charge in [-0.1, -0.05) is 231 Å². The maximum atomic E-state index is 12.8. The molecule has 0 spiro atoms. The van der Waals surface area contributed by atoms with Gasteiger partial charge in [-0.3, -0.25) is 18.6 Å². The molecule has 1 N–H and O–H groups in total. The minimum Gasteiger partial charge on any atom is -0.462 e. The number of hydrogen-bond donors (Lipinski definition) is 1. The van der Waals surface area contributed by atoms with Crippen LogP contribution in [0.2, 0.25) is 0 Å². The molecule has 0 bridgehead atoms. The second-order valence-electron chi connectivity index (χ2n) is 20.0. The van der Waals surface area contributed by atoms with Crippen LogP contribution >= 0.6 is 7.82 Å². The highest BCUT2D eigenvalue weighted by Crippen LogP contribution is 2.43. The van der Waals surface area contributed by atoms with E-state index in [1.165, 1.54) is 193 Å². The van der Waals surface area contributed by atoms with E-state index in [0.29, 0.717) is 23.9 Å². The van der Waals surface area contributed by atoms with Crippen molar-refractivity contribution in [3.05, 3.63) is 12.2 Å². The van der Waals surface area contributed by atoms with Gasteiger partial charge in [-0.2, -0.15) is 0 Å². The molecule has 380 valence electrons. The van der Waals surface area contributed by atoms with Crippen LogP contribution in [-0.4, -0.2) is 74.9 Å². The Hall–Kier alpha value is -1.25. The number of rotatable bonds is 51. The van der Waals surface area contributed by atoms with Gasteiger partial charge in [0.05, 0.1) is 27.7 Å². The van der Waals surface area contributed by atoms with Crippen molar-refractivity contribution in [2.45, 2.75) is 277 Å². The zero-order valence-electron chi connectivity index (χ0n) is 43.0. The maximum absolute atomic E-state index is 12.8. The van der Waals surface area contributed by atoms with Crippen molar-refractivity contribution in [1.82, 2.24) is 0 Å². The number of nitrogens with zero attached hydrogens (tertiary/aromatic N) is 1. The topological polar surface area (TPSA) is 108 Å². The zero-order valence-corrected chi connectivity index (χ0v) is 43.9. The van der Waals surface area contributed by atoms with Crippen LogP contribution in [0.4, 0.5) is 0 Å². The van der Waals surface area contributed by atoms with Crippen LogP contribution in [0.15, 0.2) is 12.2 Å². The molecule has 10 heteroatoms. The summed E-state index contributed by atoms with van der Waals surface area (Å²) < 4.78 is 34.5. The first-order valence-electron chi connectivity index (χ1n) is 27.4. The molecule has 0 aliphatic carbocycles. The normalized spacial score (nSPS) is 13.4. The van der Waals surface area contributed by atoms with Gasteiger partial charge in [0, 0.05) is 12.8 Å². The summed E-state index contributed by atoms with van der Waals surface area (Å²) in [5.41, 5.74) is 0. The molecule has 0 aliphatic rings. The number of phosphoric acid groups is 1. The molecule has 0 amide bonds. The zero-order chi connectivity index (χ0) is 47.1. The van der Waals surface area contributed by atoms with Gasteiger partial charge in [-0.25, -0.2) is 4.57 Å². The lowest BCUT2D eigenvalue weighted by Gasteiger charge is -2.24. The van der Waals surface area contributed by atoms with Crippen molar-refractivity contribution in [1.29, 1.82) is 0 Å². The molecule has 2 unspecified atom stereocenters. The van der Waals surface area contributed by atoms with Crippen molar-refractivity contribution in [3.8, 4) is 0 Å². The number of ether oxygens (including phenoxy) is 2. The number of esters is 2. The van der Waals surface area contributed by atoms with E-state index < -0.39 is 26.5 Å². The molecule has 0 aromatic heterocycles. The number of allylic oxidation sites excluding steroid dienone is 2. The number of carbonyl (C=O) groups excluding carboxylic acids is 2. The summed E-state index contributed by atoms with van der Waals surface area (Å²) in [5.74, 6) is -0.786. The van der Waals surface area contributed by atoms with Gasteiger partial charge in [-0.15, -0.1) is 0 Å². The average molecular weight is 929 g/mol. The van der Waals surface area contributed by atoms with E-state index in [1.54, 1.807) is 0 Å². The predicted molar refractivity (Wildman–Crippen MR) is 271 cm³/mol. The van der Waals surface area contributed by atoms with Gasteiger partial charge >= 0.3 is 19.8 Å². The number of likely N-dealkylation sites (N-methyl/N-ethyl adjacent to an activating group) is 1. The Balaban J connectivity index is 4.15. The molecular weight excluding hydrogens is 822 g/mol. The Labute approximate surface area is 396 Å². The molecule has 64 heavy (non-hydrogen) atoms. The van der Waals surface area contributed by atoms with E-state index in [9.17, 15) is 19.0 Å². The van der Waals surface area contributed by atoms with E-state index in [-0.39, 0.29) is 25.6 Å². The predicted octanol–water partition coefficient (Wildman–Crippen LogP) is 16.5. The van der Waals surface area contributed by atoms with Crippen LogP contribution in [0.25, 0.3) is 0 Å². The second-order valence-corrected chi connectivity index (χ2v) is 21.4. The third kappa shape index (κ3) is 50.2. The Morgan fingerprint density at radius 1 is 0.469 bits per heavy atom. The molecule has 0 aromatic carbocycles. The molecule has 0 rings (SSSR count). The summed E-state index contributed by atoms with van der Waals surface area (Å²) >= 11 is 0. The van der Waals surface area contributed by atoms with Gasteiger partial charge in [0.1, 0.15) is 19.8 Å². The third-order valence-electron chi connectivity index (χ3n) is 12.3. The molecular formula is C54H107NO8P+. The first-order chi connectivity index (χ1) is 31.0. The first-order valence-corrected chi connectivity index (χ1v) is 28.9. The van der Waals surface area contributed by atoms with Crippen LogP contribution in [-0.2, 0) is 32.7 Å². The fourth-order valence-corrected chi connectivity index (χ4v) is 8.75. The molecule has 0 heterocycles. The van der Waals surface area contributed by atoms with Crippen LogP contribution in [0, 0.1) is 0 Å². The molecule has 2 atom stereocenters. The van der Waals surface area contributed by atoms with Gasteiger partial charge in [0.15, 0.2) is 6.10 Å².